The predicted molar refractivity (Wildman–Crippen MR) is 85.6 cm³/mol. The van der Waals surface area contributed by atoms with E-state index in [2.05, 4.69) is 15.9 Å². The number of carbonyl (C=O) groups excluding carboxylic acids is 2. The van der Waals surface area contributed by atoms with E-state index in [0.29, 0.717) is 12.1 Å². The molecule has 1 aliphatic heterocycles. The summed E-state index contributed by atoms with van der Waals surface area (Å²) in [6.45, 7) is 4.34. The minimum absolute atomic E-state index is 0.418. The van der Waals surface area contributed by atoms with Crippen molar-refractivity contribution in [1.29, 1.82) is 0 Å². The molecule has 21 heavy (non-hydrogen) atoms. The molecule has 0 bridgehead atoms. The third kappa shape index (κ3) is 2.40. The van der Waals surface area contributed by atoms with Gasteiger partial charge in [-0.1, -0.05) is 45.8 Å². The fraction of sp³-hybridized carbons (Fsp3) is 0.176. The van der Waals surface area contributed by atoms with Gasteiger partial charge in [0.25, 0.3) is 11.7 Å². The topological polar surface area (TPSA) is 37.4 Å². The van der Waals surface area contributed by atoms with Crippen LogP contribution in [0.15, 0.2) is 40.9 Å². The second-order valence-electron chi connectivity index (χ2n) is 5.33. The number of benzene rings is 2. The molecular formula is C17H14BrNO2. The number of Topliss-reactive ketones (excluding diaryl/α,β-unsaturated/α-hetero) is 1. The maximum absolute atomic E-state index is 12.3. The fourth-order valence-electron chi connectivity index (χ4n) is 2.75. The summed E-state index contributed by atoms with van der Waals surface area (Å²) in [5, 5.41) is 0. The number of ketones is 1. The van der Waals surface area contributed by atoms with Gasteiger partial charge in [-0.15, -0.1) is 0 Å². The van der Waals surface area contributed by atoms with Crippen molar-refractivity contribution in [3.05, 3.63) is 63.1 Å². The standard InChI is InChI=1S/C17H14BrNO2/c1-10-4-3-5-12(6-10)9-19-15-11(2)7-13(18)8-14(15)16(20)17(19)21/h3-8H,9H2,1-2H3. The first-order valence-electron chi connectivity index (χ1n) is 6.69. The molecule has 0 aliphatic carbocycles. The number of aryl methyl sites for hydroxylation is 2. The largest absolute Gasteiger partial charge is 0.300 e. The highest BCUT2D eigenvalue weighted by Gasteiger charge is 2.37. The van der Waals surface area contributed by atoms with Gasteiger partial charge in [0, 0.05) is 4.47 Å². The SMILES string of the molecule is Cc1cccc(CN2C(=O)C(=O)c3cc(Br)cc(C)c32)c1. The summed E-state index contributed by atoms with van der Waals surface area (Å²) < 4.78 is 0.817. The number of nitrogens with zero attached hydrogens (tertiary/aromatic N) is 1. The van der Waals surface area contributed by atoms with E-state index < -0.39 is 11.7 Å². The first-order valence-corrected chi connectivity index (χ1v) is 7.48. The van der Waals surface area contributed by atoms with Crippen LogP contribution in [0.1, 0.15) is 27.0 Å². The Morgan fingerprint density at radius 1 is 1.10 bits per heavy atom. The van der Waals surface area contributed by atoms with Crippen molar-refractivity contribution in [3.8, 4) is 0 Å². The summed E-state index contributed by atoms with van der Waals surface area (Å²) in [4.78, 5) is 26.0. The number of fused-ring (bicyclic) bond motifs is 1. The highest BCUT2D eigenvalue weighted by Crippen LogP contribution is 2.35. The van der Waals surface area contributed by atoms with Gasteiger partial charge in [-0.25, -0.2) is 0 Å². The van der Waals surface area contributed by atoms with Crippen molar-refractivity contribution >= 4 is 33.3 Å². The van der Waals surface area contributed by atoms with E-state index in [1.165, 1.54) is 0 Å². The summed E-state index contributed by atoms with van der Waals surface area (Å²) in [6.07, 6.45) is 0. The van der Waals surface area contributed by atoms with Crippen molar-refractivity contribution in [1.82, 2.24) is 0 Å². The molecule has 4 heteroatoms. The van der Waals surface area contributed by atoms with Gasteiger partial charge in [-0.3, -0.25) is 9.59 Å². The van der Waals surface area contributed by atoms with Crippen LogP contribution in [0.3, 0.4) is 0 Å². The fourth-order valence-corrected chi connectivity index (χ4v) is 3.32. The maximum atomic E-state index is 12.3. The molecule has 3 rings (SSSR count). The van der Waals surface area contributed by atoms with Gasteiger partial charge in [-0.2, -0.15) is 0 Å². The van der Waals surface area contributed by atoms with Gasteiger partial charge in [0.2, 0.25) is 0 Å². The lowest BCUT2D eigenvalue weighted by Crippen LogP contribution is -2.29. The third-order valence-electron chi connectivity index (χ3n) is 3.64. The normalized spacial score (nSPS) is 13.8. The summed E-state index contributed by atoms with van der Waals surface area (Å²) in [5.74, 6) is -0.880. The molecule has 0 saturated heterocycles. The number of hydrogen-bond acceptors (Lipinski definition) is 2. The molecule has 0 saturated carbocycles. The minimum Gasteiger partial charge on any atom is -0.300 e. The monoisotopic (exact) mass is 343 g/mol. The van der Waals surface area contributed by atoms with Crippen LogP contribution >= 0.6 is 15.9 Å². The average molecular weight is 344 g/mol. The first kappa shape index (κ1) is 14.0. The number of amides is 1. The second-order valence-corrected chi connectivity index (χ2v) is 6.24. The van der Waals surface area contributed by atoms with E-state index in [4.69, 9.17) is 0 Å². The predicted octanol–water partition coefficient (Wildman–Crippen LogP) is 3.80. The third-order valence-corrected chi connectivity index (χ3v) is 4.10. The lowest BCUT2D eigenvalue weighted by atomic mass is 10.1. The molecule has 0 aromatic heterocycles. The average Bonchev–Trinajstić information content (AvgIpc) is 2.64. The number of anilines is 1. The highest BCUT2D eigenvalue weighted by atomic mass is 79.9. The Bertz CT molecular complexity index is 767. The molecule has 0 radical (unpaired) electrons. The van der Waals surface area contributed by atoms with E-state index >= 15 is 0 Å². The van der Waals surface area contributed by atoms with Crippen LogP contribution < -0.4 is 4.90 Å². The summed E-state index contributed by atoms with van der Waals surface area (Å²) in [5.41, 5.74) is 4.30. The van der Waals surface area contributed by atoms with Crippen LogP contribution in [0.2, 0.25) is 0 Å². The van der Waals surface area contributed by atoms with Crippen molar-refractivity contribution in [2.75, 3.05) is 4.90 Å². The Hall–Kier alpha value is -1.94. The van der Waals surface area contributed by atoms with Gasteiger partial charge in [0.1, 0.15) is 0 Å². The van der Waals surface area contributed by atoms with Crippen LogP contribution in [0.5, 0.6) is 0 Å². The number of hydrogen-bond donors (Lipinski definition) is 0. The van der Waals surface area contributed by atoms with Gasteiger partial charge >= 0.3 is 0 Å². The molecule has 106 valence electrons. The maximum Gasteiger partial charge on any atom is 0.299 e. The first-order chi connectivity index (χ1) is 9.97. The zero-order chi connectivity index (χ0) is 15.1. The zero-order valence-corrected chi connectivity index (χ0v) is 13.4. The van der Waals surface area contributed by atoms with E-state index in [-0.39, 0.29) is 0 Å². The van der Waals surface area contributed by atoms with E-state index in [1.807, 2.05) is 44.2 Å². The van der Waals surface area contributed by atoms with Crippen LogP contribution in [0.4, 0.5) is 5.69 Å². The Labute approximate surface area is 131 Å². The molecule has 2 aromatic carbocycles. The Morgan fingerprint density at radius 3 is 2.57 bits per heavy atom. The van der Waals surface area contributed by atoms with Crippen LogP contribution in [-0.2, 0) is 11.3 Å². The van der Waals surface area contributed by atoms with Crippen molar-refractivity contribution < 1.29 is 9.59 Å². The van der Waals surface area contributed by atoms with Crippen LogP contribution in [0.25, 0.3) is 0 Å². The van der Waals surface area contributed by atoms with E-state index in [9.17, 15) is 9.59 Å². The quantitative estimate of drug-likeness (QED) is 0.778. The lowest BCUT2D eigenvalue weighted by molar-refractivity contribution is -0.114. The van der Waals surface area contributed by atoms with Crippen molar-refractivity contribution in [2.24, 2.45) is 0 Å². The van der Waals surface area contributed by atoms with E-state index in [1.54, 1.807) is 11.0 Å². The molecule has 0 N–H and O–H groups in total. The molecule has 3 nitrogen and oxygen atoms in total. The smallest absolute Gasteiger partial charge is 0.299 e. The highest BCUT2D eigenvalue weighted by molar-refractivity contribution is 9.10. The Kier molecular flexibility index (Phi) is 3.41. The number of carbonyl (C=O) groups is 2. The molecule has 0 unspecified atom stereocenters. The van der Waals surface area contributed by atoms with Crippen LogP contribution in [0, 0.1) is 13.8 Å². The molecular weight excluding hydrogens is 330 g/mol. The number of rotatable bonds is 2. The molecule has 0 fully saturated rings. The summed E-state index contributed by atoms with van der Waals surface area (Å²) >= 11 is 3.38. The van der Waals surface area contributed by atoms with Crippen LogP contribution in [-0.4, -0.2) is 11.7 Å². The molecule has 0 atom stereocenters. The van der Waals surface area contributed by atoms with E-state index in [0.717, 1.165) is 26.9 Å². The number of halogens is 1. The summed E-state index contributed by atoms with van der Waals surface area (Å²) in [7, 11) is 0. The zero-order valence-electron chi connectivity index (χ0n) is 11.8. The van der Waals surface area contributed by atoms with Gasteiger partial charge in [-0.05, 0) is 37.1 Å². The van der Waals surface area contributed by atoms with Crippen molar-refractivity contribution in [3.63, 3.8) is 0 Å². The molecule has 2 aromatic rings. The Morgan fingerprint density at radius 2 is 1.86 bits per heavy atom. The van der Waals surface area contributed by atoms with Gasteiger partial charge < -0.3 is 4.90 Å². The van der Waals surface area contributed by atoms with Crippen molar-refractivity contribution in [2.45, 2.75) is 20.4 Å². The molecule has 0 spiro atoms. The Balaban J connectivity index is 2.05. The lowest BCUT2D eigenvalue weighted by Gasteiger charge is -2.19. The molecule has 1 heterocycles. The van der Waals surface area contributed by atoms with Gasteiger partial charge in [0.05, 0.1) is 17.8 Å². The van der Waals surface area contributed by atoms with Gasteiger partial charge in [0.15, 0.2) is 0 Å². The second kappa shape index (κ2) is 5.11. The molecule has 1 aliphatic rings. The molecule has 1 amide bonds. The summed E-state index contributed by atoms with van der Waals surface area (Å²) in [6, 6.07) is 11.6. The minimum atomic E-state index is -0.451.